The average Bonchev–Trinajstić information content (AvgIpc) is 2.68. The van der Waals surface area contributed by atoms with E-state index in [0.717, 1.165) is 44.9 Å². The number of esters is 1. The summed E-state index contributed by atoms with van der Waals surface area (Å²) >= 11 is 0. The summed E-state index contributed by atoms with van der Waals surface area (Å²) in [5.74, 6) is -2.82. The van der Waals surface area contributed by atoms with E-state index in [1.165, 1.54) is 64.7 Å². The summed E-state index contributed by atoms with van der Waals surface area (Å²) in [6.45, 7) is 7.37. The van der Waals surface area contributed by atoms with Crippen LogP contribution in [-0.2, 0) is 14.3 Å². The van der Waals surface area contributed by atoms with Crippen LogP contribution >= 0.6 is 0 Å². The third kappa shape index (κ3) is 15.7. The molecule has 0 aromatic rings. The van der Waals surface area contributed by atoms with Gasteiger partial charge in [-0.15, -0.1) is 6.58 Å². The molecule has 0 saturated heterocycles. The Morgan fingerprint density at radius 2 is 1.32 bits per heavy atom. The summed E-state index contributed by atoms with van der Waals surface area (Å²) in [4.78, 5) is 22.9. The second-order valence-electron chi connectivity index (χ2n) is 8.02. The lowest BCUT2D eigenvalue weighted by atomic mass is 10.0. The fourth-order valence-corrected chi connectivity index (χ4v) is 3.33. The van der Waals surface area contributed by atoms with Gasteiger partial charge in [-0.3, -0.25) is 9.59 Å². The van der Waals surface area contributed by atoms with E-state index < -0.39 is 17.9 Å². The van der Waals surface area contributed by atoms with Gasteiger partial charge in [-0.2, -0.15) is 0 Å². The van der Waals surface area contributed by atoms with Crippen molar-refractivity contribution in [1.29, 1.82) is 0 Å². The van der Waals surface area contributed by atoms with E-state index in [2.05, 4.69) is 13.5 Å². The first kappa shape index (κ1) is 26.7. The van der Waals surface area contributed by atoms with Crippen molar-refractivity contribution in [3.63, 3.8) is 0 Å². The van der Waals surface area contributed by atoms with Gasteiger partial charge in [0.05, 0.1) is 0 Å². The molecule has 0 radical (unpaired) electrons. The zero-order valence-corrected chi connectivity index (χ0v) is 18.4. The maximum Gasteiger partial charge on any atom is 0.320 e. The van der Waals surface area contributed by atoms with E-state index in [9.17, 15) is 9.59 Å². The summed E-state index contributed by atoms with van der Waals surface area (Å²) in [7, 11) is 0. The molecule has 28 heavy (non-hydrogen) atoms. The summed E-state index contributed by atoms with van der Waals surface area (Å²) < 4.78 is 5.50. The summed E-state index contributed by atoms with van der Waals surface area (Å²) in [6, 6.07) is 0. The molecule has 4 heteroatoms. The van der Waals surface area contributed by atoms with Crippen LogP contribution in [0.1, 0.15) is 117 Å². The van der Waals surface area contributed by atoms with Gasteiger partial charge in [0.1, 0.15) is 6.10 Å². The summed E-state index contributed by atoms with van der Waals surface area (Å²) in [5, 5.41) is 8.98. The maximum absolute atomic E-state index is 12.0. The molecular formula is C24H44O4. The standard InChI is InChI=1S/C24H44O4/c1-4-6-8-10-11-12-13-14-15-16-18-20-22(19-17-9-7-5-2)28-24(27)21(3)23(25)26/h5,21-22H,2,4,6-20H2,1,3H3,(H,25,26). The number of rotatable bonds is 20. The van der Waals surface area contributed by atoms with E-state index in [1.807, 2.05) is 6.08 Å². The second kappa shape index (κ2) is 19.0. The van der Waals surface area contributed by atoms with Crippen molar-refractivity contribution >= 4 is 11.9 Å². The minimum absolute atomic E-state index is 0.155. The minimum Gasteiger partial charge on any atom is -0.481 e. The molecule has 0 saturated carbocycles. The van der Waals surface area contributed by atoms with Crippen LogP contribution in [0.15, 0.2) is 12.7 Å². The van der Waals surface area contributed by atoms with Crippen LogP contribution in [0.3, 0.4) is 0 Å². The molecular weight excluding hydrogens is 352 g/mol. The first-order valence-electron chi connectivity index (χ1n) is 11.6. The van der Waals surface area contributed by atoms with Crippen LogP contribution in [0.25, 0.3) is 0 Å². The molecule has 0 rings (SSSR count). The fourth-order valence-electron chi connectivity index (χ4n) is 3.33. The van der Waals surface area contributed by atoms with Gasteiger partial charge in [0.15, 0.2) is 5.92 Å². The highest BCUT2D eigenvalue weighted by molar-refractivity contribution is 5.93. The Morgan fingerprint density at radius 3 is 1.79 bits per heavy atom. The number of carboxylic acid groups (broad SMARTS) is 1. The molecule has 2 atom stereocenters. The number of allylic oxidation sites excluding steroid dienone is 1. The maximum atomic E-state index is 12.0. The van der Waals surface area contributed by atoms with Crippen molar-refractivity contribution in [3.8, 4) is 0 Å². The van der Waals surface area contributed by atoms with E-state index >= 15 is 0 Å². The molecule has 164 valence electrons. The molecule has 0 bridgehead atoms. The number of carbonyl (C=O) groups is 2. The van der Waals surface area contributed by atoms with Crippen LogP contribution in [0.5, 0.6) is 0 Å². The largest absolute Gasteiger partial charge is 0.481 e. The topological polar surface area (TPSA) is 63.6 Å². The Bertz CT molecular complexity index is 405. The first-order valence-corrected chi connectivity index (χ1v) is 11.6. The molecule has 0 fully saturated rings. The predicted molar refractivity (Wildman–Crippen MR) is 116 cm³/mol. The van der Waals surface area contributed by atoms with Crippen LogP contribution in [-0.4, -0.2) is 23.1 Å². The third-order valence-corrected chi connectivity index (χ3v) is 5.32. The van der Waals surface area contributed by atoms with E-state index in [-0.39, 0.29) is 6.10 Å². The van der Waals surface area contributed by atoms with E-state index in [4.69, 9.17) is 9.84 Å². The molecule has 0 spiro atoms. The Balaban J connectivity index is 3.95. The van der Waals surface area contributed by atoms with Crippen molar-refractivity contribution in [1.82, 2.24) is 0 Å². The number of hydrogen-bond donors (Lipinski definition) is 1. The predicted octanol–water partition coefficient (Wildman–Crippen LogP) is 7.07. The highest BCUT2D eigenvalue weighted by atomic mass is 16.5. The van der Waals surface area contributed by atoms with Crippen molar-refractivity contribution in [2.24, 2.45) is 5.92 Å². The second-order valence-corrected chi connectivity index (χ2v) is 8.02. The van der Waals surface area contributed by atoms with Crippen molar-refractivity contribution in [2.75, 3.05) is 0 Å². The zero-order valence-electron chi connectivity index (χ0n) is 18.4. The van der Waals surface area contributed by atoms with Gasteiger partial charge in [-0.1, -0.05) is 77.2 Å². The third-order valence-electron chi connectivity index (χ3n) is 5.32. The van der Waals surface area contributed by atoms with Crippen molar-refractivity contribution in [2.45, 2.75) is 123 Å². The molecule has 0 aromatic carbocycles. The lowest BCUT2D eigenvalue weighted by molar-refractivity contribution is -0.162. The van der Waals surface area contributed by atoms with Crippen LogP contribution in [0, 0.1) is 5.92 Å². The Hall–Kier alpha value is -1.32. The lowest BCUT2D eigenvalue weighted by Gasteiger charge is -2.19. The summed E-state index contributed by atoms with van der Waals surface area (Å²) in [6.07, 6.45) is 20.5. The highest BCUT2D eigenvalue weighted by Crippen LogP contribution is 2.18. The van der Waals surface area contributed by atoms with Crippen LogP contribution in [0.4, 0.5) is 0 Å². The van der Waals surface area contributed by atoms with E-state index in [0.29, 0.717) is 0 Å². The van der Waals surface area contributed by atoms with Crippen molar-refractivity contribution < 1.29 is 19.4 Å². The number of carbonyl (C=O) groups excluding carboxylic acids is 1. The normalized spacial score (nSPS) is 13.1. The van der Waals surface area contributed by atoms with Gasteiger partial charge < -0.3 is 9.84 Å². The molecule has 2 unspecified atom stereocenters. The van der Waals surface area contributed by atoms with Gasteiger partial charge in [0, 0.05) is 0 Å². The Morgan fingerprint density at radius 1 is 0.857 bits per heavy atom. The quantitative estimate of drug-likeness (QED) is 0.103. The van der Waals surface area contributed by atoms with E-state index in [1.54, 1.807) is 0 Å². The molecule has 4 nitrogen and oxygen atoms in total. The average molecular weight is 397 g/mol. The number of carboxylic acids is 1. The highest BCUT2D eigenvalue weighted by Gasteiger charge is 2.25. The number of ether oxygens (including phenoxy) is 1. The fraction of sp³-hybridized carbons (Fsp3) is 0.833. The summed E-state index contributed by atoms with van der Waals surface area (Å²) in [5.41, 5.74) is 0. The minimum atomic E-state index is -1.12. The molecule has 0 aliphatic heterocycles. The number of aliphatic carboxylic acids is 1. The molecule has 0 heterocycles. The van der Waals surface area contributed by atoms with Gasteiger partial charge in [0.2, 0.25) is 0 Å². The lowest BCUT2D eigenvalue weighted by Crippen LogP contribution is -2.27. The van der Waals surface area contributed by atoms with Crippen LogP contribution < -0.4 is 0 Å². The SMILES string of the molecule is C=CCCCCC(CCCCCCCCCCCCC)OC(=O)C(C)C(=O)O. The monoisotopic (exact) mass is 396 g/mol. The molecule has 0 aliphatic carbocycles. The smallest absolute Gasteiger partial charge is 0.320 e. The molecule has 0 amide bonds. The Kier molecular flexibility index (Phi) is 18.1. The Labute approximate surface area is 173 Å². The first-order chi connectivity index (χ1) is 13.5. The van der Waals surface area contributed by atoms with Crippen molar-refractivity contribution in [3.05, 3.63) is 12.7 Å². The number of hydrogen-bond acceptors (Lipinski definition) is 3. The van der Waals surface area contributed by atoms with Gasteiger partial charge in [-0.25, -0.2) is 0 Å². The van der Waals surface area contributed by atoms with Gasteiger partial charge >= 0.3 is 11.9 Å². The molecule has 1 N–H and O–H groups in total. The van der Waals surface area contributed by atoms with Crippen LogP contribution in [0.2, 0.25) is 0 Å². The molecule has 0 aliphatic rings. The zero-order chi connectivity index (χ0) is 21.0. The molecule has 0 aromatic heterocycles. The number of unbranched alkanes of at least 4 members (excludes halogenated alkanes) is 12. The van der Waals surface area contributed by atoms with Gasteiger partial charge in [-0.05, 0) is 45.4 Å². The van der Waals surface area contributed by atoms with Gasteiger partial charge in [0.25, 0.3) is 0 Å².